The lowest BCUT2D eigenvalue weighted by atomic mass is 10.2. The van der Waals surface area contributed by atoms with Gasteiger partial charge in [-0.05, 0) is 39.9 Å². The van der Waals surface area contributed by atoms with Crippen LogP contribution in [0.15, 0.2) is 12.1 Å². The number of nitrogens with one attached hydrogen (secondary N) is 1. The smallest absolute Gasteiger partial charge is 0.295 e. The number of nitrogens with zero attached hydrogens (tertiary/aromatic N) is 2. The lowest BCUT2D eigenvalue weighted by Crippen LogP contribution is -2.28. The van der Waals surface area contributed by atoms with Crippen LogP contribution in [0.4, 0.5) is 15.8 Å². The van der Waals surface area contributed by atoms with Crippen LogP contribution in [0.2, 0.25) is 5.02 Å². The highest BCUT2D eigenvalue weighted by molar-refractivity contribution is 6.31. The van der Waals surface area contributed by atoms with E-state index in [0.717, 1.165) is 19.0 Å². The number of hydrogen-bond acceptors (Lipinski definition) is 4. The summed E-state index contributed by atoms with van der Waals surface area (Å²) >= 11 is 5.65. The molecule has 0 aromatic heterocycles. The fraction of sp³-hybridized carbons (Fsp3) is 0.538. The van der Waals surface area contributed by atoms with Crippen molar-refractivity contribution < 1.29 is 9.31 Å². The zero-order valence-electron chi connectivity index (χ0n) is 11.8. The van der Waals surface area contributed by atoms with Crippen LogP contribution in [0.1, 0.15) is 20.3 Å². The molecule has 7 heteroatoms. The highest BCUT2D eigenvalue weighted by Crippen LogP contribution is 2.30. The first-order valence-corrected chi connectivity index (χ1v) is 6.78. The first kappa shape index (κ1) is 16.7. The van der Waals surface area contributed by atoms with Crippen LogP contribution in [-0.2, 0) is 0 Å². The van der Waals surface area contributed by atoms with Gasteiger partial charge >= 0.3 is 0 Å². The Morgan fingerprint density at radius 3 is 2.70 bits per heavy atom. The van der Waals surface area contributed by atoms with Gasteiger partial charge in [-0.2, -0.15) is 0 Å². The molecular formula is C13H19ClFN3O2. The Morgan fingerprint density at radius 1 is 1.50 bits per heavy atom. The minimum Gasteiger partial charge on any atom is -0.379 e. The summed E-state index contributed by atoms with van der Waals surface area (Å²) in [5.41, 5.74) is -0.0577. The monoisotopic (exact) mass is 303 g/mol. The van der Waals surface area contributed by atoms with E-state index in [9.17, 15) is 14.5 Å². The maximum absolute atomic E-state index is 13.2. The Morgan fingerprint density at radius 2 is 2.15 bits per heavy atom. The fourth-order valence-corrected chi connectivity index (χ4v) is 1.80. The summed E-state index contributed by atoms with van der Waals surface area (Å²) in [5, 5.41) is 13.7. The summed E-state index contributed by atoms with van der Waals surface area (Å²) in [7, 11) is 2.02. The largest absolute Gasteiger partial charge is 0.379 e. The highest BCUT2D eigenvalue weighted by atomic mass is 35.5. The number of halogens is 2. The predicted molar refractivity (Wildman–Crippen MR) is 78.9 cm³/mol. The van der Waals surface area contributed by atoms with Crippen molar-refractivity contribution in [3.05, 3.63) is 33.1 Å². The molecule has 0 bridgehead atoms. The molecule has 0 aliphatic carbocycles. The molecule has 1 rings (SSSR count). The standard InChI is InChI=1S/C13H19ClFN3O2/c1-9(2)17(3)6-4-5-16-12-7-10(14)11(15)8-13(12)18(19)20/h7-9,16H,4-6H2,1-3H3. The van der Waals surface area contributed by atoms with Gasteiger partial charge in [0.05, 0.1) is 16.0 Å². The second-order valence-electron chi connectivity index (χ2n) is 4.90. The molecule has 0 unspecified atom stereocenters. The lowest BCUT2D eigenvalue weighted by Gasteiger charge is -2.20. The van der Waals surface area contributed by atoms with E-state index in [1.54, 1.807) is 0 Å². The van der Waals surface area contributed by atoms with E-state index in [0.29, 0.717) is 12.6 Å². The molecule has 112 valence electrons. The van der Waals surface area contributed by atoms with Crippen LogP contribution >= 0.6 is 11.6 Å². The van der Waals surface area contributed by atoms with E-state index in [-0.39, 0.29) is 16.4 Å². The average Bonchev–Trinajstić information content (AvgIpc) is 2.37. The van der Waals surface area contributed by atoms with Gasteiger partial charge in [0.1, 0.15) is 11.5 Å². The van der Waals surface area contributed by atoms with Gasteiger partial charge < -0.3 is 10.2 Å². The maximum Gasteiger partial charge on any atom is 0.295 e. The van der Waals surface area contributed by atoms with Crippen LogP contribution in [0, 0.1) is 15.9 Å². The zero-order valence-corrected chi connectivity index (χ0v) is 12.6. The maximum atomic E-state index is 13.2. The molecule has 0 amide bonds. The molecule has 0 saturated heterocycles. The molecule has 0 saturated carbocycles. The highest BCUT2D eigenvalue weighted by Gasteiger charge is 2.17. The molecule has 0 fully saturated rings. The first-order chi connectivity index (χ1) is 9.32. The van der Waals surface area contributed by atoms with Crippen LogP contribution in [0.25, 0.3) is 0 Å². The van der Waals surface area contributed by atoms with Crippen molar-refractivity contribution in [2.24, 2.45) is 0 Å². The number of hydrogen-bond donors (Lipinski definition) is 1. The van der Waals surface area contributed by atoms with E-state index in [1.807, 2.05) is 7.05 Å². The van der Waals surface area contributed by atoms with E-state index >= 15 is 0 Å². The average molecular weight is 304 g/mol. The lowest BCUT2D eigenvalue weighted by molar-refractivity contribution is -0.384. The molecular weight excluding hydrogens is 285 g/mol. The SMILES string of the molecule is CC(C)N(C)CCCNc1cc(Cl)c(F)cc1[N+](=O)[O-]. The molecule has 1 aromatic rings. The van der Waals surface area contributed by atoms with Crippen molar-refractivity contribution in [3.8, 4) is 0 Å². The van der Waals surface area contributed by atoms with Crippen molar-refractivity contribution >= 4 is 23.0 Å². The molecule has 0 atom stereocenters. The minimum atomic E-state index is -0.788. The third kappa shape index (κ3) is 4.61. The van der Waals surface area contributed by atoms with Gasteiger partial charge in [0.15, 0.2) is 0 Å². The predicted octanol–water partition coefficient (Wildman–Crippen LogP) is 3.53. The molecule has 0 radical (unpaired) electrons. The molecule has 0 aliphatic rings. The van der Waals surface area contributed by atoms with Crippen LogP contribution in [0.3, 0.4) is 0 Å². The summed E-state index contributed by atoms with van der Waals surface area (Å²) in [6.07, 6.45) is 0.820. The molecule has 0 aliphatic heterocycles. The van der Waals surface area contributed by atoms with E-state index in [2.05, 4.69) is 24.1 Å². The van der Waals surface area contributed by atoms with Gasteiger partial charge in [-0.25, -0.2) is 4.39 Å². The molecule has 5 nitrogen and oxygen atoms in total. The van der Waals surface area contributed by atoms with Crippen molar-refractivity contribution in [1.29, 1.82) is 0 Å². The molecule has 1 aromatic carbocycles. The van der Waals surface area contributed by atoms with Crippen molar-refractivity contribution in [3.63, 3.8) is 0 Å². The Labute approximate surface area is 122 Å². The Balaban J connectivity index is 2.63. The number of rotatable bonds is 7. The number of benzene rings is 1. The van der Waals surface area contributed by atoms with Gasteiger partial charge in [0, 0.05) is 12.6 Å². The summed E-state index contributed by atoms with van der Waals surface area (Å²) in [5.74, 6) is -0.788. The van der Waals surface area contributed by atoms with Gasteiger partial charge in [0.25, 0.3) is 5.69 Å². The second-order valence-corrected chi connectivity index (χ2v) is 5.30. The quantitative estimate of drug-likeness (QED) is 0.475. The van der Waals surface area contributed by atoms with Crippen molar-refractivity contribution in [2.75, 3.05) is 25.5 Å². The van der Waals surface area contributed by atoms with Crippen LogP contribution in [-0.4, -0.2) is 36.0 Å². The second kappa shape index (κ2) is 7.40. The molecule has 0 heterocycles. The number of nitro benzene ring substituents is 1. The van der Waals surface area contributed by atoms with E-state index in [4.69, 9.17) is 11.6 Å². The summed E-state index contributed by atoms with van der Waals surface area (Å²) in [6.45, 7) is 5.61. The molecule has 20 heavy (non-hydrogen) atoms. The topological polar surface area (TPSA) is 58.4 Å². The summed E-state index contributed by atoms with van der Waals surface area (Å²) in [4.78, 5) is 12.4. The minimum absolute atomic E-state index is 0.127. The normalized spacial score (nSPS) is 11.2. The molecule has 1 N–H and O–H groups in total. The number of nitro groups is 1. The van der Waals surface area contributed by atoms with Gasteiger partial charge in [0.2, 0.25) is 0 Å². The van der Waals surface area contributed by atoms with Crippen molar-refractivity contribution in [2.45, 2.75) is 26.3 Å². The Kier molecular flexibility index (Phi) is 6.16. The van der Waals surface area contributed by atoms with Gasteiger partial charge in [-0.1, -0.05) is 11.6 Å². The molecule has 0 spiro atoms. The fourth-order valence-electron chi connectivity index (χ4n) is 1.64. The third-order valence-electron chi connectivity index (χ3n) is 3.12. The Hall–Kier alpha value is -1.40. The van der Waals surface area contributed by atoms with Gasteiger partial charge in [-0.15, -0.1) is 0 Å². The summed E-state index contributed by atoms with van der Waals surface area (Å²) in [6, 6.07) is 2.54. The van der Waals surface area contributed by atoms with E-state index < -0.39 is 10.7 Å². The van der Waals surface area contributed by atoms with Gasteiger partial charge in [-0.3, -0.25) is 10.1 Å². The Bertz CT molecular complexity index is 483. The summed E-state index contributed by atoms with van der Waals surface area (Å²) < 4.78 is 13.2. The first-order valence-electron chi connectivity index (χ1n) is 6.40. The van der Waals surface area contributed by atoms with Crippen LogP contribution < -0.4 is 5.32 Å². The third-order valence-corrected chi connectivity index (χ3v) is 3.41. The van der Waals surface area contributed by atoms with E-state index in [1.165, 1.54) is 6.07 Å². The van der Waals surface area contributed by atoms with Crippen LogP contribution in [0.5, 0.6) is 0 Å². The zero-order chi connectivity index (χ0) is 15.3. The van der Waals surface area contributed by atoms with Crippen molar-refractivity contribution in [1.82, 2.24) is 4.90 Å². The number of anilines is 1.